The maximum atomic E-state index is 5.18. The van der Waals surface area contributed by atoms with Crippen LogP contribution >= 0.6 is 0 Å². The lowest BCUT2D eigenvalue weighted by Gasteiger charge is -2.09. The van der Waals surface area contributed by atoms with Crippen LogP contribution in [0.3, 0.4) is 0 Å². The summed E-state index contributed by atoms with van der Waals surface area (Å²) in [6, 6.07) is 16.0. The van der Waals surface area contributed by atoms with Gasteiger partial charge in [0.2, 0.25) is 0 Å². The molecule has 21 heavy (non-hydrogen) atoms. The summed E-state index contributed by atoms with van der Waals surface area (Å²) in [7, 11) is 3.34. The summed E-state index contributed by atoms with van der Waals surface area (Å²) >= 11 is 0. The average Bonchev–Trinajstić information content (AvgIpc) is 2.56. The highest BCUT2D eigenvalue weighted by molar-refractivity contribution is 5.53. The largest absolute Gasteiger partial charge is 0.497 e. The quantitative estimate of drug-likeness (QED) is 0.715. The average molecular weight is 280 g/mol. The molecule has 0 saturated heterocycles. The van der Waals surface area contributed by atoms with Crippen LogP contribution in [0.5, 0.6) is 11.5 Å². The Balaban J connectivity index is 2.12. The minimum Gasteiger partial charge on any atom is -0.497 e. The maximum Gasteiger partial charge on any atom is 0.118 e. The Kier molecular flexibility index (Phi) is 5.22. The molecule has 2 heteroatoms. The van der Waals surface area contributed by atoms with Gasteiger partial charge in [-0.3, -0.25) is 0 Å². The molecular formula is C19H20O2. The standard InChI is InChI=1S/C19H20O2/c1-4-16(17-9-13-19(21-3)14-10-17)8-5-15-6-11-18(20-2)12-7-15/h4-14,16H,1H2,2-3H3/b8-5-. The zero-order chi connectivity index (χ0) is 15.1. The van der Waals surface area contributed by atoms with E-state index in [0.717, 1.165) is 17.1 Å². The molecule has 0 bridgehead atoms. The third-order valence-corrected chi connectivity index (χ3v) is 3.37. The van der Waals surface area contributed by atoms with Crippen LogP contribution < -0.4 is 9.47 Å². The Bertz CT molecular complexity index is 594. The van der Waals surface area contributed by atoms with E-state index < -0.39 is 0 Å². The first kappa shape index (κ1) is 14.9. The van der Waals surface area contributed by atoms with Crippen molar-refractivity contribution in [3.63, 3.8) is 0 Å². The van der Waals surface area contributed by atoms with E-state index in [9.17, 15) is 0 Å². The molecule has 2 aromatic carbocycles. The Morgan fingerprint density at radius 1 is 0.857 bits per heavy atom. The van der Waals surface area contributed by atoms with E-state index in [2.05, 4.69) is 30.9 Å². The van der Waals surface area contributed by atoms with Crippen molar-refractivity contribution in [1.82, 2.24) is 0 Å². The van der Waals surface area contributed by atoms with Crippen LogP contribution in [0.25, 0.3) is 6.08 Å². The van der Waals surface area contributed by atoms with E-state index in [1.807, 2.05) is 42.5 Å². The molecule has 0 aliphatic carbocycles. The van der Waals surface area contributed by atoms with Gasteiger partial charge in [-0.15, -0.1) is 6.58 Å². The van der Waals surface area contributed by atoms with Crippen molar-refractivity contribution in [2.24, 2.45) is 0 Å². The SMILES string of the molecule is C=CC(/C=C\c1ccc(OC)cc1)c1ccc(OC)cc1. The van der Waals surface area contributed by atoms with Crippen molar-refractivity contribution in [3.05, 3.63) is 78.4 Å². The monoisotopic (exact) mass is 280 g/mol. The number of benzene rings is 2. The summed E-state index contributed by atoms with van der Waals surface area (Å²) in [6.45, 7) is 3.92. The van der Waals surface area contributed by atoms with Crippen molar-refractivity contribution in [1.29, 1.82) is 0 Å². The number of ether oxygens (including phenoxy) is 2. The molecule has 1 unspecified atom stereocenters. The highest BCUT2D eigenvalue weighted by atomic mass is 16.5. The molecule has 0 amide bonds. The van der Waals surface area contributed by atoms with Gasteiger partial charge in [-0.1, -0.05) is 42.5 Å². The summed E-state index contributed by atoms with van der Waals surface area (Å²) in [5, 5.41) is 0. The lowest BCUT2D eigenvalue weighted by atomic mass is 9.98. The number of methoxy groups -OCH3 is 2. The van der Waals surface area contributed by atoms with Crippen molar-refractivity contribution < 1.29 is 9.47 Å². The van der Waals surface area contributed by atoms with Crippen molar-refractivity contribution >= 4 is 6.08 Å². The van der Waals surface area contributed by atoms with Gasteiger partial charge in [0.15, 0.2) is 0 Å². The summed E-state index contributed by atoms with van der Waals surface area (Å²) in [5.41, 5.74) is 2.33. The van der Waals surface area contributed by atoms with Crippen LogP contribution in [-0.4, -0.2) is 14.2 Å². The van der Waals surface area contributed by atoms with Crippen LogP contribution in [0.4, 0.5) is 0 Å². The maximum absolute atomic E-state index is 5.18. The lowest BCUT2D eigenvalue weighted by molar-refractivity contribution is 0.414. The third-order valence-electron chi connectivity index (χ3n) is 3.37. The molecule has 0 heterocycles. The van der Waals surface area contributed by atoms with Crippen molar-refractivity contribution in [2.75, 3.05) is 14.2 Å². The molecule has 0 radical (unpaired) electrons. The normalized spacial score (nSPS) is 12.1. The van der Waals surface area contributed by atoms with Crippen LogP contribution in [0.15, 0.2) is 67.3 Å². The zero-order valence-electron chi connectivity index (χ0n) is 12.5. The van der Waals surface area contributed by atoms with Gasteiger partial charge < -0.3 is 9.47 Å². The molecule has 0 N–H and O–H groups in total. The van der Waals surface area contributed by atoms with Crippen LogP contribution in [0.1, 0.15) is 17.0 Å². The Labute approximate surface area is 126 Å². The van der Waals surface area contributed by atoms with Gasteiger partial charge in [0.25, 0.3) is 0 Å². The number of rotatable bonds is 6. The first-order valence-corrected chi connectivity index (χ1v) is 6.85. The fourth-order valence-corrected chi connectivity index (χ4v) is 2.08. The summed E-state index contributed by atoms with van der Waals surface area (Å²) in [5.74, 6) is 1.90. The van der Waals surface area contributed by atoms with Crippen LogP contribution in [-0.2, 0) is 0 Å². The van der Waals surface area contributed by atoms with E-state index in [0.29, 0.717) is 0 Å². The first-order chi connectivity index (χ1) is 10.3. The molecule has 0 aromatic heterocycles. The van der Waals surface area contributed by atoms with E-state index >= 15 is 0 Å². The molecular weight excluding hydrogens is 260 g/mol. The zero-order valence-corrected chi connectivity index (χ0v) is 12.5. The number of hydrogen-bond donors (Lipinski definition) is 0. The van der Waals surface area contributed by atoms with E-state index in [1.165, 1.54) is 5.56 Å². The van der Waals surface area contributed by atoms with Crippen molar-refractivity contribution in [2.45, 2.75) is 5.92 Å². The van der Waals surface area contributed by atoms with Crippen LogP contribution in [0.2, 0.25) is 0 Å². The molecule has 1 atom stereocenters. The second-order valence-corrected chi connectivity index (χ2v) is 4.67. The second kappa shape index (κ2) is 7.34. The fourth-order valence-electron chi connectivity index (χ4n) is 2.08. The van der Waals surface area contributed by atoms with E-state index in [1.54, 1.807) is 14.2 Å². The molecule has 0 spiro atoms. The highest BCUT2D eigenvalue weighted by Crippen LogP contribution is 2.23. The van der Waals surface area contributed by atoms with E-state index in [4.69, 9.17) is 9.47 Å². The van der Waals surface area contributed by atoms with Gasteiger partial charge >= 0.3 is 0 Å². The minimum absolute atomic E-state index is 0.179. The van der Waals surface area contributed by atoms with Gasteiger partial charge in [-0.25, -0.2) is 0 Å². The topological polar surface area (TPSA) is 18.5 Å². The van der Waals surface area contributed by atoms with Crippen LogP contribution in [0, 0.1) is 0 Å². The number of hydrogen-bond acceptors (Lipinski definition) is 2. The Morgan fingerprint density at radius 2 is 1.38 bits per heavy atom. The number of allylic oxidation sites excluding steroid dienone is 2. The van der Waals surface area contributed by atoms with Gasteiger partial charge in [0.05, 0.1) is 14.2 Å². The second-order valence-electron chi connectivity index (χ2n) is 4.67. The highest BCUT2D eigenvalue weighted by Gasteiger charge is 2.03. The van der Waals surface area contributed by atoms with E-state index in [-0.39, 0.29) is 5.92 Å². The first-order valence-electron chi connectivity index (χ1n) is 6.85. The third kappa shape index (κ3) is 3.99. The molecule has 0 saturated carbocycles. The lowest BCUT2D eigenvalue weighted by Crippen LogP contribution is -1.91. The summed E-state index contributed by atoms with van der Waals surface area (Å²) < 4.78 is 10.3. The molecule has 2 nitrogen and oxygen atoms in total. The molecule has 0 fully saturated rings. The summed E-state index contributed by atoms with van der Waals surface area (Å²) in [4.78, 5) is 0. The van der Waals surface area contributed by atoms with Crippen molar-refractivity contribution in [3.8, 4) is 11.5 Å². The van der Waals surface area contributed by atoms with Gasteiger partial charge in [0, 0.05) is 5.92 Å². The molecule has 2 aromatic rings. The van der Waals surface area contributed by atoms with Gasteiger partial charge in [-0.05, 0) is 35.4 Å². The molecule has 2 rings (SSSR count). The summed E-state index contributed by atoms with van der Waals surface area (Å²) in [6.07, 6.45) is 6.16. The Morgan fingerprint density at radius 3 is 1.86 bits per heavy atom. The molecule has 0 aliphatic heterocycles. The van der Waals surface area contributed by atoms with Gasteiger partial charge in [0.1, 0.15) is 11.5 Å². The predicted molar refractivity (Wildman–Crippen MR) is 88.0 cm³/mol. The molecule has 108 valence electrons. The minimum atomic E-state index is 0.179. The molecule has 0 aliphatic rings. The fraction of sp³-hybridized carbons (Fsp3) is 0.158. The van der Waals surface area contributed by atoms with Gasteiger partial charge in [-0.2, -0.15) is 0 Å². The predicted octanol–water partition coefficient (Wildman–Crippen LogP) is 4.69. The smallest absolute Gasteiger partial charge is 0.118 e. The Hall–Kier alpha value is -2.48.